The predicted molar refractivity (Wildman–Crippen MR) is 91.0 cm³/mol. The molecular formula is C16H15N3O3S2. The van der Waals surface area contributed by atoms with Crippen molar-refractivity contribution in [2.24, 2.45) is 0 Å². The average Bonchev–Trinajstić information content (AvgIpc) is 3.19. The van der Waals surface area contributed by atoms with Gasteiger partial charge >= 0.3 is 5.97 Å². The smallest absolute Gasteiger partial charge is 0.339 e. The van der Waals surface area contributed by atoms with Gasteiger partial charge in [0.1, 0.15) is 0 Å². The van der Waals surface area contributed by atoms with Gasteiger partial charge in [0.25, 0.3) is 5.89 Å². The first-order valence-electron chi connectivity index (χ1n) is 7.21. The molecule has 1 aromatic carbocycles. The summed E-state index contributed by atoms with van der Waals surface area (Å²) in [5.41, 5.74) is 1.53. The van der Waals surface area contributed by atoms with E-state index in [9.17, 15) is 4.79 Å². The van der Waals surface area contributed by atoms with Gasteiger partial charge in [0.2, 0.25) is 0 Å². The van der Waals surface area contributed by atoms with Crippen LogP contribution in [0.4, 0.5) is 0 Å². The minimum Gasteiger partial charge on any atom is -0.452 e. The fraction of sp³-hybridized carbons (Fsp3) is 0.250. The van der Waals surface area contributed by atoms with E-state index in [1.165, 1.54) is 0 Å². The third-order valence-electron chi connectivity index (χ3n) is 3.05. The lowest BCUT2D eigenvalue weighted by Gasteiger charge is -2.07. The second-order valence-electron chi connectivity index (χ2n) is 4.95. The van der Waals surface area contributed by atoms with Gasteiger partial charge in [0.05, 0.1) is 16.3 Å². The van der Waals surface area contributed by atoms with E-state index >= 15 is 0 Å². The standard InChI is InChI=1S/C16H15N3O3S2/c1-10-17-15(22-19-10)7-21-16(20)13-5-3-4-6-14(13)24-9-12-8-23-11(2)18-12/h3-6,8H,7,9H2,1-2H3. The van der Waals surface area contributed by atoms with E-state index in [0.717, 1.165) is 15.6 Å². The molecule has 0 bridgehead atoms. The number of aromatic nitrogens is 3. The lowest BCUT2D eigenvalue weighted by Crippen LogP contribution is -2.07. The molecular weight excluding hydrogens is 346 g/mol. The SMILES string of the molecule is Cc1noc(COC(=O)c2ccccc2SCc2csc(C)n2)n1. The van der Waals surface area contributed by atoms with Crippen molar-refractivity contribution in [2.75, 3.05) is 0 Å². The number of thioether (sulfide) groups is 1. The first-order valence-corrected chi connectivity index (χ1v) is 9.07. The molecule has 6 nitrogen and oxygen atoms in total. The summed E-state index contributed by atoms with van der Waals surface area (Å²) in [4.78, 5) is 21.6. The number of carbonyl (C=O) groups excluding carboxylic acids is 1. The Morgan fingerprint density at radius 3 is 2.83 bits per heavy atom. The Balaban J connectivity index is 1.65. The summed E-state index contributed by atoms with van der Waals surface area (Å²) >= 11 is 3.18. The van der Waals surface area contributed by atoms with Crippen LogP contribution in [-0.2, 0) is 17.1 Å². The van der Waals surface area contributed by atoms with E-state index < -0.39 is 5.97 Å². The zero-order valence-electron chi connectivity index (χ0n) is 13.2. The lowest BCUT2D eigenvalue weighted by molar-refractivity contribution is 0.0425. The molecule has 0 aliphatic rings. The number of hydrogen-bond acceptors (Lipinski definition) is 8. The van der Waals surface area contributed by atoms with Crippen molar-refractivity contribution in [1.29, 1.82) is 0 Å². The quantitative estimate of drug-likeness (QED) is 0.488. The topological polar surface area (TPSA) is 78.1 Å². The van der Waals surface area contributed by atoms with Gasteiger partial charge in [0, 0.05) is 16.0 Å². The maximum absolute atomic E-state index is 12.3. The van der Waals surface area contributed by atoms with E-state index in [0.29, 0.717) is 17.1 Å². The van der Waals surface area contributed by atoms with Crippen molar-refractivity contribution in [3.05, 3.63) is 57.6 Å². The minimum absolute atomic E-state index is 0.0377. The van der Waals surface area contributed by atoms with E-state index in [4.69, 9.17) is 9.26 Å². The van der Waals surface area contributed by atoms with Crippen LogP contribution in [0.1, 0.15) is 32.8 Å². The molecule has 124 valence electrons. The molecule has 0 amide bonds. The van der Waals surface area contributed by atoms with Crippen molar-refractivity contribution in [2.45, 2.75) is 31.1 Å². The maximum atomic E-state index is 12.3. The number of esters is 1. The summed E-state index contributed by atoms with van der Waals surface area (Å²) in [5.74, 6) is 1.08. The van der Waals surface area contributed by atoms with Crippen LogP contribution in [0.3, 0.4) is 0 Å². The molecule has 0 atom stereocenters. The highest BCUT2D eigenvalue weighted by Gasteiger charge is 2.15. The third kappa shape index (κ3) is 4.21. The molecule has 0 saturated carbocycles. The first kappa shape index (κ1) is 16.7. The number of aryl methyl sites for hydroxylation is 2. The van der Waals surface area contributed by atoms with E-state index in [2.05, 4.69) is 15.1 Å². The van der Waals surface area contributed by atoms with E-state index in [-0.39, 0.29) is 12.5 Å². The Labute approximate surface area is 147 Å². The molecule has 24 heavy (non-hydrogen) atoms. The number of benzene rings is 1. The molecule has 0 spiro atoms. The molecule has 3 aromatic rings. The molecule has 0 aliphatic carbocycles. The van der Waals surface area contributed by atoms with Crippen LogP contribution in [0, 0.1) is 13.8 Å². The van der Waals surface area contributed by atoms with Gasteiger partial charge in [-0.3, -0.25) is 0 Å². The summed E-state index contributed by atoms with van der Waals surface area (Å²) in [6.07, 6.45) is 0. The van der Waals surface area contributed by atoms with Gasteiger partial charge in [-0.1, -0.05) is 17.3 Å². The zero-order valence-corrected chi connectivity index (χ0v) is 14.8. The van der Waals surface area contributed by atoms with Gasteiger partial charge in [-0.25, -0.2) is 9.78 Å². The second-order valence-corrected chi connectivity index (χ2v) is 7.03. The zero-order chi connectivity index (χ0) is 16.9. The Morgan fingerprint density at radius 1 is 1.29 bits per heavy atom. The van der Waals surface area contributed by atoms with Gasteiger partial charge in [-0.15, -0.1) is 23.1 Å². The number of carbonyl (C=O) groups is 1. The predicted octanol–water partition coefficient (Wildman–Crippen LogP) is 3.79. The van der Waals surface area contributed by atoms with E-state index in [1.54, 1.807) is 36.1 Å². The molecule has 3 rings (SSSR count). The maximum Gasteiger partial charge on any atom is 0.339 e. The highest BCUT2D eigenvalue weighted by molar-refractivity contribution is 7.98. The fourth-order valence-electron chi connectivity index (χ4n) is 1.99. The molecule has 0 saturated heterocycles. The summed E-state index contributed by atoms with van der Waals surface area (Å²) in [5, 5.41) is 6.73. The van der Waals surface area contributed by atoms with Gasteiger partial charge < -0.3 is 9.26 Å². The summed E-state index contributed by atoms with van der Waals surface area (Å²) in [7, 11) is 0. The molecule has 2 aromatic heterocycles. The normalized spacial score (nSPS) is 10.8. The number of hydrogen-bond donors (Lipinski definition) is 0. The summed E-state index contributed by atoms with van der Waals surface area (Å²) in [6, 6.07) is 7.35. The van der Waals surface area contributed by atoms with Crippen molar-refractivity contribution >= 4 is 29.1 Å². The van der Waals surface area contributed by atoms with Gasteiger partial charge in [-0.05, 0) is 26.0 Å². The monoisotopic (exact) mass is 361 g/mol. The number of rotatable bonds is 6. The van der Waals surface area contributed by atoms with Crippen LogP contribution in [0.25, 0.3) is 0 Å². The largest absolute Gasteiger partial charge is 0.452 e. The Bertz CT molecular complexity index is 844. The molecule has 0 unspecified atom stereocenters. The molecule has 2 heterocycles. The number of ether oxygens (including phenoxy) is 1. The number of nitrogens with zero attached hydrogens (tertiary/aromatic N) is 3. The second kappa shape index (κ2) is 7.59. The van der Waals surface area contributed by atoms with Crippen LogP contribution in [0.2, 0.25) is 0 Å². The Hall–Kier alpha value is -2.19. The number of thiazole rings is 1. The van der Waals surface area contributed by atoms with Crippen LogP contribution in [-0.4, -0.2) is 21.1 Å². The molecule has 0 fully saturated rings. The third-order valence-corrected chi connectivity index (χ3v) is 4.97. The molecule has 0 aliphatic heterocycles. The summed E-state index contributed by atoms with van der Waals surface area (Å²) in [6.45, 7) is 3.65. The van der Waals surface area contributed by atoms with Crippen molar-refractivity contribution in [1.82, 2.24) is 15.1 Å². The van der Waals surface area contributed by atoms with Crippen LogP contribution >= 0.6 is 23.1 Å². The summed E-state index contributed by atoms with van der Waals surface area (Å²) < 4.78 is 10.2. The molecule has 0 radical (unpaired) electrons. The molecule has 8 heteroatoms. The highest BCUT2D eigenvalue weighted by Crippen LogP contribution is 2.27. The van der Waals surface area contributed by atoms with Crippen molar-refractivity contribution < 1.29 is 14.1 Å². The van der Waals surface area contributed by atoms with Crippen molar-refractivity contribution in [3.63, 3.8) is 0 Å². The lowest BCUT2D eigenvalue weighted by atomic mass is 10.2. The van der Waals surface area contributed by atoms with Crippen LogP contribution in [0.15, 0.2) is 39.1 Å². The minimum atomic E-state index is -0.414. The fourth-order valence-corrected chi connectivity index (χ4v) is 3.64. The Kier molecular flexibility index (Phi) is 5.27. The van der Waals surface area contributed by atoms with Gasteiger partial charge in [0.15, 0.2) is 12.4 Å². The van der Waals surface area contributed by atoms with E-state index in [1.807, 2.05) is 30.5 Å². The Morgan fingerprint density at radius 2 is 2.12 bits per heavy atom. The van der Waals surface area contributed by atoms with Crippen LogP contribution < -0.4 is 0 Å². The highest BCUT2D eigenvalue weighted by atomic mass is 32.2. The average molecular weight is 361 g/mol. The first-order chi connectivity index (χ1) is 11.6. The van der Waals surface area contributed by atoms with Crippen LogP contribution in [0.5, 0.6) is 0 Å². The van der Waals surface area contributed by atoms with Crippen molar-refractivity contribution in [3.8, 4) is 0 Å². The van der Waals surface area contributed by atoms with Gasteiger partial charge in [-0.2, -0.15) is 4.98 Å². The molecule has 0 N–H and O–H groups in total.